The number of aromatic nitrogens is 1. The lowest BCUT2D eigenvalue weighted by Gasteiger charge is -2.12. The fraction of sp³-hybridized carbons (Fsp3) is 0.174. The van der Waals surface area contributed by atoms with Gasteiger partial charge in [-0.25, -0.2) is 4.98 Å². The standard InChI is InChI=1S/C23H19F2N3O5S/c24-23(25)33-17-6-2-1-4-14(17)11-27-21(30)16-5-3-9-26-22(16)34-12-20(29)28-15-7-8-18-19(10-15)32-13-31-18/h1-10,23H,11-13H2,(H,27,30)(H,28,29). The first kappa shape index (κ1) is 23.3. The van der Waals surface area contributed by atoms with Gasteiger partial charge >= 0.3 is 6.61 Å². The molecule has 2 aromatic carbocycles. The summed E-state index contributed by atoms with van der Waals surface area (Å²) in [7, 11) is 0. The largest absolute Gasteiger partial charge is 0.454 e. The number of nitrogens with one attached hydrogen (secondary N) is 2. The highest BCUT2D eigenvalue weighted by Gasteiger charge is 2.17. The van der Waals surface area contributed by atoms with Crippen LogP contribution in [0.1, 0.15) is 15.9 Å². The molecule has 0 aliphatic carbocycles. The van der Waals surface area contributed by atoms with E-state index in [1.165, 1.54) is 12.3 Å². The van der Waals surface area contributed by atoms with Gasteiger partial charge in [0.05, 0.1) is 11.3 Å². The second-order valence-corrected chi connectivity index (χ2v) is 7.89. The molecule has 1 aliphatic heterocycles. The van der Waals surface area contributed by atoms with E-state index in [-0.39, 0.29) is 36.3 Å². The average molecular weight is 487 g/mol. The maximum absolute atomic E-state index is 12.7. The van der Waals surface area contributed by atoms with Crippen molar-refractivity contribution in [2.24, 2.45) is 0 Å². The van der Waals surface area contributed by atoms with Crippen molar-refractivity contribution < 1.29 is 32.6 Å². The van der Waals surface area contributed by atoms with Gasteiger partial charge in [-0.2, -0.15) is 8.78 Å². The van der Waals surface area contributed by atoms with E-state index >= 15 is 0 Å². The molecule has 0 saturated heterocycles. The first-order valence-corrected chi connectivity index (χ1v) is 11.1. The molecule has 2 heterocycles. The number of anilines is 1. The lowest BCUT2D eigenvalue weighted by atomic mass is 10.2. The summed E-state index contributed by atoms with van der Waals surface area (Å²) in [5.41, 5.74) is 1.21. The molecular formula is C23H19F2N3O5S. The molecule has 1 aromatic heterocycles. The summed E-state index contributed by atoms with van der Waals surface area (Å²) in [5.74, 6) is 0.405. The lowest BCUT2D eigenvalue weighted by Crippen LogP contribution is -2.24. The molecule has 0 atom stereocenters. The highest BCUT2D eigenvalue weighted by molar-refractivity contribution is 8.00. The van der Waals surface area contributed by atoms with Crippen molar-refractivity contribution in [1.29, 1.82) is 0 Å². The van der Waals surface area contributed by atoms with Crippen LogP contribution in [0.3, 0.4) is 0 Å². The van der Waals surface area contributed by atoms with Crippen molar-refractivity contribution in [3.05, 3.63) is 71.9 Å². The van der Waals surface area contributed by atoms with Crippen LogP contribution in [0, 0.1) is 0 Å². The van der Waals surface area contributed by atoms with E-state index in [1.807, 2.05) is 0 Å². The van der Waals surface area contributed by atoms with Crippen molar-refractivity contribution in [1.82, 2.24) is 10.3 Å². The number of fused-ring (bicyclic) bond motifs is 1. The van der Waals surface area contributed by atoms with Gasteiger partial charge in [-0.1, -0.05) is 30.0 Å². The van der Waals surface area contributed by atoms with Gasteiger partial charge in [0.1, 0.15) is 10.8 Å². The van der Waals surface area contributed by atoms with Crippen molar-refractivity contribution in [2.45, 2.75) is 18.2 Å². The van der Waals surface area contributed by atoms with Gasteiger partial charge in [-0.05, 0) is 30.3 Å². The number of alkyl halides is 2. The number of carbonyl (C=O) groups is 2. The van der Waals surface area contributed by atoms with Crippen molar-refractivity contribution in [3.63, 3.8) is 0 Å². The minimum atomic E-state index is -2.97. The van der Waals surface area contributed by atoms with Gasteiger partial charge in [0.2, 0.25) is 12.7 Å². The molecule has 2 N–H and O–H groups in total. The van der Waals surface area contributed by atoms with Crippen molar-refractivity contribution in [2.75, 3.05) is 17.9 Å². The molecule has 0 bridgehead atoms. The van der Waals surface area contributed by atoms with E-state index in [2.05, 4.69) is 20.4 Å². The van der Waals surface area contributed by atoms with E-state index in [1.54, 1.807) is 48.5 Å². The van der Waals surface area contributed by atoms with Gasteiger partial charge < -0.3 is 24.8 Å². The van der Waals surface area contributed by atoms with Crippen LogP contribution in [0.25, 0.3) is 0 Å². The Morgan fingerprint density at radius 3 is 2.76 bits per heavy atom. The van der Waals surface area contributed by atoms with Crippen LogP contribution in [-0.4, -0.2) is 36.0 Å². The highest BCUT2D eigenvalue weighted by atomic mass is 32.2. The summed E-state index contributed by atoms with van der Waals surface area (Å²) in [6.45, 7) is -2.86. The second kappa shape index (κ2) is 10.8. The second-order valence-electron chi connectivity index (χ2n) is 6.93. The normalized spacial score (nSPS) is 11.9. The Labute approximate surface area is 197 Å². The predicted molar refractivity (Wildman–Crippen MR) is 120 cm³/mol. The third-order valence-corrected chi connectivity index (χ3v) is 5.65. The summed E-state index contributed by atoms with van der Waals surface area (Å²) >= 11 is 1.10. The minimum Gasteiger partial charge on any atom is -0.454 e. The molecule has 1 aliphatic rings. The number of benzene rings is 2. The number of carbonyl (C=O) groups excluding carboxylic acids is 2. The van der Waals surface area contributed by atoms with E-state index in [4.69, 9.17) is 9.47 Å². The van der Waals surface area contributed by atoms with Crippen molar-refractivity contribution in [3.8, 4) is 17.2 Å². The Balaban J connectivity index is 1.35. The molecule has 8 nitrogen and oxygen atoms in total. The fourth-order valence-corrected chi connectivity index (χ4v) is 3.91. The first-order valence-electron chi connectivity index (χ1n) is 10.1. The summed E-state index contributed by atoms with van der Waals surface area (Å²) in [6, 6.07) is 14.4. The minimum absolute atomic E-state index is 0.0107. The van der Waals surface area contributed by atoms with Crippen LogP contribution in [0.4, 0.5) is 14.5 Å². The third kappa shape index (κ3) is 5.93. The Hall–Kier alpha value is -3.86. The maximum Gasteiger partial charge on any atom is 0.387 e. The van der Waals surface area contributed by atoms with E-state index in [0.717, 1.165) is 11.8 Å². The number of amides is 2. The topological polar surface area (TPSA) is 98.8 Å². The van der Waals surface area contributed by atoms with Crippen LogP contribution in [0.5, 0.6) is 17.2 Å². The number of pyridine rings is 1. The SMILES string of the molecule is O=C(CSc1ncccc1C(=O)NCc1ccccc1OC(F)F)Nc1ccc2c(c1)OCO2. The van der Waals surface area contributed by atoms with Gasteiger partial charge in [-0.15, -0.1) is 0 Å². The third-order valence-electron chi connectivity index (χ3n) is 4.64. The molecule has 0 unspecified atom stereocenters. The maximum atomic E-state index is 12.7. The Kier molecular flexibility index (Phi) is 7.43. The Morgan fingerprint density at radius 1 is 1.09 bits per heavy atom. The number of nitrogens with zero attached hydrogens (tertiary/aromatic N) is 1. The van der Waals surface area contributed by atoms with Crippen LogP contribution < -0.4 is 24.8 Å². The van der Waals surface area contributed by atoms with Gasteiger partial charge in [0.15, 0.2) is 11.5 Å². The number of rotatable bonds is 9. The molecular weight excluding hydrogens is 468 g/mol. The number of halogens is 2. The van der Waals surface area contributed by atoms with Crippen molar-refractivity contribution >= 4 is 29.3 Å². The molecule has 0 spiro atoms. The van der Waals surface area contributed by atoms with E-state index in [9.17, 15) is 18.4 Å². The first-order chi connectivity index (χ1) is 16.5. The average Bonchev–Trinajstić information content (AvgIpc) is 3.30. The molecule has 11 heteroatoms. The molecule has 34 heavy (non-hydrogen) atoms. The predicted octanol–water partition coefficient (Wildman–Crippen LogP) is 4.07. The number of hydrogen-bond acceptors (Lipinski definition) is 7. The zero-order chi connectivity index (χ0) is 23.9. The molecule has 0 radical (unpaired) electrons. The summed E-state index contributed by atoms with van der Waals surface area (Å²) < 4.78 is 40.2. The smallest absolute Gasteiger partial charge is 0.387 e. The molecule has 176 valence electrons. The Bertz CT molecular complexity index is 1190. The molecule has 0 saturated carbocycles. The fourth-order valence-electron chi connectivity index (χ4n) is 3.12. The summed E-state index contributed by atoms with van der Waals surface area (Å²) in [5, 5.41) is 5.80. The molecule has 2 amide bonds. The zero-order valence-corrected chi connectivity index (χ0v) is 18.4. The number of thioether (sulfide) groups is 1. The quantitative estimate of drug-likeness (QED) is 0.439. The van der Waals surface area contributed by atoms with E-state index < -0.39 is 12.5 Å². The van der Waals surface area contributed by atoms with E-state index in [0.29, 0.717) is 27.8 Å². The van der Waals surface area contributed by atoms with Crippen LogP contribution in [0.2, 0.25) is 0 Å². The van der Waals surface area contributed by atoms with Gasteiger partial charge in [0, 0.05) is 30.1 Å². The summed E-state index contributed by atoms with van der Waals surface area (Å²) in [6.07, 6.45) is 1.51. The van der Waals surface area contributed by atoms with Gasteiger partial charge in [0.25, 0.3) is 5.91 Å². The molecule has 0 fully saturated rings. The van der Waals surface area contributed by atoms with Crippen LogP contribution in [0.15, 0.2) is 65.8 Å². The van der Waals surface area contributed by atoms with Gasteiger partial charge in [-0.3, -0.25) is 9.59 Å². The zero-order valence-electron chi connectivity index (χ0n) is 17.6. The van der Waals surface area contributed by atoms with Crippen LogP contribution >= 0.6 is 11.8 Å². The summed E-state index contributed by atoms with van der Waals surface area (Å²) in [4.78, 5) is 29.3. The number of para-hydroxylation sites is 1. The molecule has 4 rings (SSSR count). The number of hydrogen-bond donors (Lipinski definition) is 2. The Morgan fingerprint density at radius 2 is 1.91 bits per heavy atom. The number of ether oxygens (including phenoxy) is 3. The van der Waals surface area contributed by atoms with Crippen LogP contribution in [-0.2, 0) is 11.3 Å². The highest BCUT2D eigenvalue weighted by Crippen LogP contribution is 2.34. The molecule has 3 aromatic rings. The lowest BCUT2D eigenvalue weighted by molar-refractivity contribution is -0.113. The monoisotopic (exact) mass is 487 g/mol.